The minimum atomic E-state index is 0.233. The van der Waals surface area contributed by atoms with Gasteiger partial charge in [0.15, 0.2) is 0 Å². The number of nitrogens with zero attached hydrogens (tertiary/aromatic N) is 2. The standard InChI is InChI=1S/C13H22N2O/c1-2-15(10-9-14)11-12-5-8-13(16-12)6-3-4-7-13/h12H,2-8,10-11H2,1H3. The molecule has 2 fully saturated rings. The zero-order valence-corrected chi connectivity index (χ0v) is 10.2. The van der Waals surface area contributed by atoms with Crippen molar-refractivity contribution in [1.82, 2.24) is 4.90 Å². The summed E-state index contributed by atoms with van der Waals surface area (Å²) in [4.78, 5) is 2.18. The van der Waals surface area contributed by atoms with Crippen LogP contribution >= 0.6 is 0 Å². The molecule has 0 aromatic carbocycles. The maximum absolute atomic E-state index is 8.71. The smallest absolute Gasteiger partial charge is 0.0866 e. The third kappa shape index (κ3) is 2.56. The van der Waals surface area contributed by atoms with Crippen LogP contribution in [0, 0.1) is 11.3 Å². The molecule has 0 aromatic heterocycles. The second-order valence-corrected chi connectivity index (χ2v) is 5.15. The van der Waals surface area contributed by atoms with E-state index in [2.05, 4.69) is 17.9 Å². The molecule has 2 rings (SSSR count). The molecule has 1 spiro atoms. The van der Waals surface area contributed by atoms with E-state index in [1.165, 1.54) is 38.5 Å². The number of rotatable bonds is 4. The van der Waals surface area contributed by atoms with Gasteiger partial charge in [0.05, 0.1) is 24.3 Å². The summed E-state index contributed by atoms with van der Waals surface area (Å²) < 4.78 is 6.24. The summed E-state index contributed by atoms with van der Waals surface area (Å²) >= 11 is 0. The summed E-state index contributed by atoms with van der Waals surface area (Å²) in [6.45, 7) is 4.52. The number of nitriles is 1. The van der Waals surface area contributed by atoms with Crippen molar-refractivity contribution < 1.29 is 4.74 Å². The lowest BCUT2D eigenvalue weighted by atomic mass is 9.98. The van der Waals surface area contributed by atoms with Crippen molar-refractivity contribution in [3.05, 3.63) is 0 Å². The Labute approximate surface area is 98.4 Å². The second-order valence-electron chi connectivity index (χ2n) is 5.15. The van der Waals surface area contributed by atoms with Gasteiger partial charge in [-0.2, -0.15) is 5.26 Å². The monoisotopic (exact) mass is 222 g/mol. The number of ether oxygens (including phenoxy) is 1. The molecule has 3 heteroatoms. The summed E-state index contributed by atoms with van der Waals surface area (Å²) in [5.74, 6) is 0. The lowest BCUT2D eigenvalue weighted by Crippen LogP contribution is -2.34. The molecule has 0 radical (unpaired) electrons. The van der Waals surface area contributed by atoms with Crippen LogP contribution in [0.2, 0.25) is 0 Å². The molecule has 2 aliphatic rings. The summed E-state index contributed by atoms with van der Waals surface area (Å²) in [6, 6.07) is 2.22. The molecule has 1 heterocycles. The van der Waals surface area contributed by atoms with Crippen LogP contribution in [0.4, 0.5) is 0 Å². The molecule has 1 saturated carbocycles. The quantitative estimate of drug-likeness (QED) is 0.685. The Hall–Kier alpha value is -0.590. The van der Waals surface area contributed by atoms with Crippen LogP contribution in [-0.2, 0) is 4.74 Å². The fourth-order valence-corrected chi connectivity index (χ4v) is 3.10. The number of hydrogen-bond donors (Lipinski definition) is 0. The van der Waals surface area contributed by atoms with Gasteiger partial charge in [-0.05, 0) is 32.2 Å². The van der Waals surface area contributed by atoms with Gasteiger partial charge in [-0.15, -0.1) is 0 Å². The Bertz CT molecular complexity index is 266. The van der Waals surface area contributed by atoms with Crippen molar-refractivity contribution in [2.45, 2.75) is 57.2 Å². The second kappa shape index (κ2) is 5.16. The molecule has 1 unspecified atom stereocenters. The van der Waals surface area contributed by atoms with Gasteiger partial charge in [-0.3, -0.25) is 4.90 Å². The molecule has 1 atom stereocenters. The van der Waals surface area contributed by atoms with Gasteiger partial charge in [0.2, 0.25) is 0 Å². The van der Waals surface area contributed by atoms with E-state index in [4.69, 9.17) is 10.00 Å². The molecule has 1 aliphatic carbocycles. The molecular formula is C13H22N2O. The summed E-state index contributed by atoms with van der Waals surface area (Å²) in [5, 5.41) is 8.71. The Morgan fingerprint density at radius 3 is 2.75 bits per heavy atom. The van der Waals surface area contributed by atoms with Crippen molar-refractivity contribution in [3.63, 3.8) is 0 Å². The van der Waals surface area contributed by atoms with E-state index in [0.29, 0.717) is 12.6 Å². The Kier molecular flexibility index (Phi) is 3.83. The highest BCUT2D eigenvalue weighted by Gasteiger charge is 2.42. The third-order valence-corrected chi connectivity index (χ3v) is 4.06. The molecule has 1 saturated heterocycles. The Balaban J connectivity index is 1.82. The molecule has 1 aliphatic heterocycles. The van der Waals surface area contributed by atoms with Gasteiger partial charge in [0.1, 0.15) is 0 Å². The van der Waals surface area contributed by atoms with Crippen molar-refractivity contribution in [2.24, 2.45) is 0 Å². The van der Waals surface area contributed by atoms with Crippen LogP contribution in [0.3, 0.4) is 0 Å². The predicted molar refractivity (Wildman–Crippen MR) is 63.0 cm³/mol. The van der Waals surface area contributed by atoms with Gasteiger partial charge in [0, 0.05) is 6.54 Å². The highest BCUT2D eigenvalue weighted by atomic mass is 16.5. The summed E-state index contributed by atoms with van der Waals surface area (Å²) in [5.41, 5.74) is 0.233. The molecule has 0 bridgehead atoms. The molecule has 90 valence electrons. The van der Waals surface area contributed by atoms with Crippen molar-refractivity contribution in [1.29, 1.82) is 5.26 Å². The fourth-order valence-electron chi connectivity index (χ4n) is 3.10. The fraction of sp³-hybridized carbons (Fsp3) is 0.923. The third-order valence-electron chi connectivity index (χ3n) is 4.06. The first-order valence-electron chi connectivity index (χ1n) is 6.55. The SMILES string of the molecule is CCN(CC#N)CC1CCC2(CCCC2)O1. The lowest BCUT2D eigenvalue weighted by molar-refractivity contribution is -0.0457. The summed E-state index contributed by atoms with van der Waals surface area (Å²) in [6.07, 6.45) is 7.97. The molecule has 0 N–H and O–H groups in total. The Morgan fingerprint density at radius 1 is 1.38 bits per heavy atom. The van der Waals surface area contributed by atoms with Crippen molar-refractivity contribution in [3.8, 4) is 6.07 Å². The van der Waals surface area contributed by atoms with Crippen molar-refractivity contribution in [2.75, 3.05) is 19.6 Å². The summed E-state index contributed by atoms with van der Waals surface area (Å²) in [7, 11) is 0. The van der Waals surface area contributed by atoms with E-state index in [-0.39, 0.29) is 5.60 Å². The van der Waals surface area contributed by atoms with Crippen LogP contribution in [0.5, 0.6) is 0 Å². The highest BCUT2D eigenvalue weighted by molar-refractivity contribution is 4.93. The average Bonchev–Trinajstić information content (AvgIpc) is 2.90. The van der Waals surface area contributed by atoms with E-state index >= 15 is 0 Å². The first-order valence-corrected chi connectivity index (χ1v) is 6.55. The van der Waals surface area contributed by atoms with Crippen LogP contribution in [0.25, 0.3) is 0 Å². The molecule has 3 nitrogen and oxygen atoms in total. The van der Waals surface area contributed by atoms with Crippen molar-refractivity contribution >= 4 is 0 Å². The highest BCUT2D eigenvalue weighted by Crippen LogP contribution is 2.43. The minimum absolute atomic E-state index is 0.233. The maximum atomic E-state index is 8.71. The van der Waals surface area contributed by atoms with E-state index in [1.807, 2.05) is 0 Å². The topological polar surface area (TPSA) is 36.3 Å². The predicted octanol–water partition coefficient (Wildman–Crippen LogP) is 2.32. The zero-order valence-electron chi connectivity index (χ0n) is 10.2. The van der Waals surface area contributed by atoms with Gasteiger partial charge in [0.25, 0.3) is 0 Å². The molecule has 16 heavy (non-hydrogen) atoms. The lowest BCUT2D eigenvalue weighted by Gasteiger charge is -2.26. The van der Waals surface area contributed by atoms with Crippen LogP contribution in [0.15, 0.2) is 0 Å². The first kappa shape index (κ1) is 11.9. The maximum Gasteiger partial charge on any atom is 0.0866 e. The van der Waals surface area contributed by atoms with Crippen LogP contribution < -0.4 is 0 Å². The van der Waals surface area contributed by atoms with Crippen LogP contribution in [0.1, 0.15) is 45.4 Å². The Morgan fingerprint density at radius 2 is 2.12 bits per heavy atom. The van der Waals surface area contributed by atoms with Gasteiger partial charge < -0.3 is 4.74 Å². The van der Waals surface area contributed by atoms with Gasteiger partial charge in [-0.25, -0.2) is 0 Å². The number of hydrogen-bond acceptors (Lipinski definition) is 3. The van der Waals surface area contributed by atoms with Gasteiger partial charge in [-0.1, -0.05) is 19.8 Å². The first-order chi connectivity index (χ1) is 7.78. The van der Waals surface area contributed by atoms with E-state index in [0.717, 1.165) is 13.1 Å². The van der Waals surface area contributed by atoms with E-state index in [9.17, 15) is 0 Å². The average molecular weight is 222 g/mol. The van der Waals surface area contributed by atoms with E-state index < -0.39 is 0 Å². The molecule has 0 amide bonds. The normalized spacial score (nSPS) is 27.7. The molecular weight excluding hydrogens is 200 g/mol. The molecule has 0 aromatic rings. The largest absolute Gasteiger partial charge is 0.370 e. The minimum Gasteiger partial charge on any atom is -0.370 e. The van der Waals surface area contributed by atoms with Gasteiger partial charge >= 0.3 is 0 Å². The number of likely N-dealkylation sites (N-methyl/N-ethyl adjacent to an activating group) is 1. The van der Waals surface area contributed by atoms with E-state index in [1.54, 1.807) is 0 Å². The van der Waals surface area contributed by atoms with Crippen LogP contribution in [-0.4, -0.2) is 36.2 Å². The zero-order chi connectivity index (χ0) is 11.4.